The van der Waals surface area contributed by atoms with Gasteiger partial charge in [0.15, 0.2) is 0 Å². The number of hydrogen-bond acceptors (Lipinski definition) is 4. The second-order valence-electron chi connectivity index (χ2n) is 3.41. The average Bonchev–Trinajstić information content (AvgIpc) is 2.55. The molecule has 0 fully saturated rings. The number of aromatic nitrogens is 1. The van der Waals surface area contributed by atoms with Crippen molar-refractivity contribution in [2.75, 3.05) is 20.3 Å². The van der Waals surface area contributed by atoms with E-state index in [1.54, 1.807) is 7.11 Å². The van der Waals surface area contributed by atoms with Crippen molar-refractivity contribution in [1.82, 2.24) is 10.3 Å². The molecule has 0 aliphatic carbocycles. The summed E-state index contributed by atoms with van der Waals surface area (Å²) in [5, 5.41) is 3.44. The molecule has 1 unspecified atom stereocenters. The molecule has 0 radical (unpaired) electrons. The number of carbonyl (C=O) groups excluding carboxylic acids is 1. The quantitative estimate of drug-likeness (QED) is 0.823. The van der Waals surface area contributed by atoms with Crippen molar-refractivity contribution < 1.29 is 9.53 Å². The zero-order valence-electron chi connectivity index (χ0n) is 9.54. The summed E-state index contributed by atoms with van der Waals surface area (Å²) in [5.41, 5.74) is 0.762. The second-order valence-corrected chi connectivity index (χ2v) is 5.23. The molecule has 0 bridgehead atoms. The van der Waals surface area contributed by atoms with E-state index < -0.39 is 0 Å². The van der Waals surface area contributed by atoms with E-state index in [-0.39, 0.29) is 11.3 Å². The van der Waals surface area contributed by atoms with Crippen molar-refractivity contribution in [3.05, 3.63) is 15.6 Å². The van der Waals surface area contributed by atoms with Gasteiger partial charge >= 0.3 is 0 Å². The fourth-order valence-electron chi connectivity index (χ4n) is 1.27. The third kappa shape index (κ3) is 3.73. The fraction of sp³-hybridized carbons (Fsp3) is 0.600. The third-order valence-electron chi connectivity index (χ3n) is 1.94. The highest BCUT2D eigenvalue weighted by molar-refractivity contribution is 7.13. The van der Waals surface area contributed by atoms with Crippen molar-refractivity contribution in [2.45, 2.75) is 19.2 Å². The number of rotatable bonds is 5. The maximum absolute atomic E-state index is 11.7. The Kier molecular flexibility index (Phi) is 5.18. The summed E-state index contributed by atoms with van der Waals surface area (Å²) in [5.74, 6) is -0.121. The van der Waals surface area contributed by atoms with Gasteiger partial charge in [0.25, 0.3) is 5.91 Å². The molecule has 0 spiro atoms. The molecule has 1 atom stereocenters. The molecule has 16 heavy (non-hydrogen) atoms. The highest BCUT2D eigenvalue weighted by Crippen LogP contribution is 2.16. The lowest BCUT2D eigenvalue weighted by atomic mass is 10.3. The molecule has 1 amide bonds. The number of alkyl halides is 1. The third-order valence-corrected chi connectivity index (χ3v) is 3.29. The molecule has 90 valence electrons. The van der Waals surface area contributed by atoms with E-state index in [0.717, 1.165) is 10.7 Å². The van der Waals surface area contributed by atoms with Crippen LogP contribution in [0.3, 0.4) is 0 Å². The van der Waals surface area contributed by atoms with Crippen LogP contribution in [0.15, 0.2) is 0 Å². The minimum atomic E-state index is -0.205. The fourth-order valence-corrected chi connectivity index (χ4v) is 2.30. The molecule has 1 N–H and O–H groups in total. The van der Waals surface area contributed by atoms with E-state index in [4.69, 9.17) is 16.3 Å². The van der Waals surface area contributed by atoms with E-state index in [1.165, 1.54) is 11.3 Å². The number of methoxy groups -OCH3 is 1. The molecule has 1 aromatic heterocycles. The maximum Gasteiger partial charge on any atom is 0.263 e. The molecule has 0 saturated carbocycles. The number of thiazole rings is 1. The Hall–Kier alpha value is -0.650. The number of hydrogen-bond donors (Lipinski definition) is 1. The molecule has 0 aromatic carbocycles. The molecular weight excluding hydrogens is 248 g/mol. The minimum absolute atomic E-state index is 0.121. The van der Waals surface area contributed by atoms with Crippen LogP contribution in [0, 0.1) is 13.8 Å². The van der Waals surface area contributed by atoms with Crippen molar-refractivity contribution in [2.24, 2.45) is 0 Å². The van der Waals surface area contributed by atoms with Crippen molar-refractivity contribution >= 4 is 28.8 Å². The first-order valence-corrected chi connectivity index (χ1v) is 6.15. The summed E-state index contributed by atoms with van der Waals surface area (Å²) >= 11 is 7.30. The normalized spacial score (nSPS) is 12.5. The lowest BCUT2D eigenvalue weighted by Crippen LogP contribution is -2.31. The van der Waals surface area contributed by atoms with Crippen molar-refractivity contribution in [3.63, 3.8) is 0 Å². The summed E-state index contributed by atoms with van der Waals surface area (Å²) < 4.78 is 4.88. The molecule has 4 nitrogen and oxygen atoms in total. The largest absolute Gasteiger partial charge is 0.383 e. The van der Waals surface area contributed by atoms with Crippen LogP contribution in [0.5, 0.6) is 0 Å². The van der Waals surface area contributed by atoms with E-state index in [0.29, 0.717) is 18.0 Å². The lowest BCUT2D eigenvalue weighted by Gasteiger charge is -2.09. The number of carbonyl (C=O) groups is 1. The van der Waals surface area contributed by atoms with E-state index in [2.05, 4.69) is 10.3 Å². The van der Waals surface area contributed by atoms with E-state index in [1.807, 2.05) is 13.8 Å². The van der Waals surface area contributed by atoms with Gasteiger partial charge in [0.2, 0.25) is 0 Å². The highest BCUT2D eigenvalue weighted by atomic mass is 35.5. The molecule has 0 saturated heterocycles. The summed E-state index contributed by atoms with van der Waals surface area (Å²) in [7, 11) is 1.58. The zero-order valence-corrected chi connectivity index (χ0v) is 11.1. The van der Waals surface area contributed by atoms with Crippen LogP contribution in [0.1, 0.15) is 20.4 Å². The smallest absolute Gasteiger partial charge is 0.263 e. The standard InChI is InChI=1S/C10H15ClN2O2S/c1-6-9(16-7(2)13-6)10(14)12-4-8(11)5-15-3/h8H,4-5H2,1-3H3,(H,12,14). The van der Waals surface area contributed by atoms with Crippen LogP contribution in [-0.4, -0.2) is 36.5 Å². The van der Waals surface area contributed by atoms with Gasteiger partial charge in [0.1, 0.15) is 4.88 Å². The summed E-state index contributed by atoms with van der Waals surface area (Å²) in [6, 6.07) is 0. The van der Waals surface area contributed by atoms with Crippen LogP contribution in [0.4, 0.5) is 0 Å². The Morgan fingerprint density at radius 2 is 2.31 bits per heavy atom. The van der Waals surface area contributed by atoms with Crippen LogP contribution in [-0.2, 0) is 4.74 Å². The summed E-state index contributed by atoms with van der Waals surface area (Å²) in [4.78, 5) is 16.6. The predicted molar refractivity (Wildman–Crippen MR) is 65.4 cm³/mol. The van der Waals surface area contributed by atoms with Gasteiger partial charge < -0.3 is 10.1 Å². The maximum atomic E-state index is 11.7. The Bertz CT molecular complexity index is 368. The summed E-state index contributed by atoms with van der Waals surface area (Å²) in [6.07, 6.45) is 0. The molecule has 1 aromatic rings. The van der Waals surface area contributed by atoms with Gasteiger partial charge in [0.05, 0.1) is 22.7 Å². The monoisotopic (exact) mass is 262 g/mol. The Balaban J connectivity index is 2.50. The topological polar surface area (TPSA) is 51.2 Å². The molecule has 0 aliphatic heterocycles. The van der Waals surface area contributed by atoms with E-state index >= 15 is 0 Å². The average molecular weight is 263 g/mol. The Labute approximate surface area is 104 Å². The first-order valence-electron chi connectivity index (χ1n) is 4.89. The van der Waals surface area contributed by atoms with Gasteiger partial charge in [-0.2, -0.15) is 0 Å². The van der Waals surface area contributed by atoms with Crippen molar-refractivity contribution in [3.8, 4) is 0 Å². The molecule has 0 aliphatic rings. The SMILES string of the molecule is COCC(Cl)CNC(=O)c1sc(C)nc1C. The molecule has 1 heterocycles. The zero-order chi connectivity index (χ0) is 12.1. The predicted octanol–water partition coefficient (Wildman–Crippen LogP) is 1.74. The molecule has 6 heteroatoms. The molecular formula is C10H15ClN2O2S. The summed E-state index contributed by atoms with van der Waals surface area (Å²) in [6.45, 7) is 4.52. The first-order chi connectivity index (χ1) is 7.54. The van der Waals surface area contributed by atoms with Gasteiger partial charge in [-0.3, -0.25) is 4.79 Å². The van der Waals surface area contributed by atoms with Gasteiger partial charge in [-0.15, -0.1) is 22.9 Å². The highest BCUT2D eigenvalue weighted by Gasteiger charge is 2.14. The number of amides is 1. The van der Waals surface area contributed by atoms with Gasteiger partial charge in [-0.1, -0.05) is 0 Å². The van der Waals surface area contributed by atoms with Crippen LogP contribution in [0.2, 0.25) is 0 Å². The van der Waals surface area contributed by atoms with Crippen LogP contribution in [0.25, 0.3) is 0 Å². The number of aryl methyl sites for hydroxylation is 2. The lowest BCUT2D eigenvalue weighted by molar-refractivity contribution is 0.0952. The number of ether oxygens (including phenoxy) is 1. The number of nitrogens with zero attached hydrogens (tertiary/aromatic N) is 1. The van der Waals surface area contributed by atoms with Gasteiger partial charge in [0, 0.05) is 13.7 Å². The van der Waals surface area contributed by atoms with Gasteiger partial charge in [-0.25, -0.2) is 4.98 Å². The first kappa shape index (κ1) is 13.4. The second kappa shape index (κ2) is 6.18. The minimum Gasteiger partial charge on any atom is -0.383 e. The van der Waals surface area contributed by atoms with Gasteiger partial charge in [-0.05, 0) is 13.8 Å². The Morgan fingerprint density at radius 1 is 1.62 bits per heavy atom. The van der Waals surface area contributed by atoms with Crippen molar-refractivity contribution in [1.29, 1.82) is 0 Å². The number of nitrogens with one attached hydrogen (secondary N) is 1. The molecule has 1 rings (SSSR count). The van der Waals surface area contributed by atoms with Crippen LogP contribution >= 0.6 is 22.9 Å². The van der Waals surface area contributed by atoms with E-state index in [9.17, 15) is 4.79 Å². The van der Waals surface area contributed by atoms with Crippen LogP contribution < -0.4 is 5.32 Å². The Morgan fingerprint density at radius 3 is 2.81 bits per heavy atom. The number of halogens is 1.